The highest BCUT2D eigenvalue weighted by Gasteiger charge is 2.42. The molecule has 1 aromatic heterocycles. The monoisotopic (exact) mass is 312 g/mol. The lowest BCUT2D eigenvalue weighted by molar-refractivity contribution is -0.0442. The molecular weight excluding hydrogens is 284 g/mol. The van der Waals surface area contributed by atoms with Crippen molar-refractivity contribution in [2.45, 2.75) is 75.9 Å². The summed E-state index contributed by atoms with van der Waals surface area (Å²) in [5.41, 5.74) is 2.24. The number of para-hydroxylation sites is 1. The van der Waals surface area contributed by atoms with Gasteiger partial charge in [0, 0.05) is 6.04 Å². The van der Waals surface area contributed by atoms with Crippen LogP contribution in [0.4, 0.5) is 0 Å². The number of aromatic nitrogens is 3. The Morgan fingerprint density at radius 1 is 1.00 bits per heavy atom. The summed E-state index contributed by atoms with van der Waals surface area (Å²) in [7, 11) is 2.35. The molecule has 2 aliphatic carbocycles. The van der Waals surface area contributed by atoms with E-state index in [0.717, 1.165) is 5.52 Å². The topological polar surface area (TPSA) is 34.0 Å². The minimum atomic E-state index is 0.0242. The van der Waals surface area contributed by atoms with Gasteiger partial charge in [0.2, 0.25) is 0 Å². The van der Waals surface area contributed by atoms with Crippen LogP contribution in [0.15, 0.2) is 24.3 Å². The highest BCUT2D eigenvalue weighted by atomic mass is 15.5. The number of rotatable bonds is 3. The lowest BCUT2D eigenvalue weighted by Crippen LogP contribution is -2.55. The van der Waals surface area contributed by atoms with Gasteiger partial charge in [-0.05, 0) is 57.7 Å². The average Bonchev–Trinajstić information content (AvgIpc) is 3.07. The predicted octanol–water partition coefficient (Wildman–Crippen LogP) is 4.31. The Bertz CT molecular complexity index is 650. The summed E-state index contributed by atoms with van der Waals surface area (Å²) < 4.78 is 2.26. The lowest BCUT2D eigenvalue weighted by Gasteiger charge is -2.49. The standard InChI is InChI=1S/C19H28N4/c1-22(16-10-4-2-5-11-16)19(14-8-3-9-15-19)23-18-13-7-6-12-17(18)20-21-23/h6-7,12-13,16H,2-5,8-11,14-15H2,1H3. The summed E-state index contributed by atoms with van der Waals surface area (Å²) in [6.45, 7) is 0. The Kier molecular flexibility index (Phi) is 4.10. The smallest absolute Gasteiger partial charge is 0.117 e. The van der Waals surface area contributed by atoms with Crippen molar-refractivity contribution in [3.63, 3.8) is 0 Å². The van der Waals surface area contributed by atoms with Crippen LogP contribution in [0.1, 0.15) is 64.2 Å². The minimum absolute atomic E-state index is 0.0242. The van der Waals surface area contributed by atoms with Crippen LogP contribution >= 0.6 is 0 Å². The lowest BCUT2D eigenvalue weighted by atomic mass is 9.84. The molecule has 2 aromatic rings. The maximum atomic E-state index is 4.63. The number of hydrogen-bond acceptors (Lipinski definition) is 3. The van der Waals surface area contributed by atoms with Crippen molar-refractivity contribution in [3.8, 4) is 0 Å². The Balaban J connectivity index is 1.76. The molecule has 124 valence electrons. The Morgan fingerprint density at radius 3 is 2.48 bits per heavy atom. The molecule has 0 spiro atoms. The number of fused-ring (bicyclic) bond motifs is 1. The second-order valence-electron chi connectivity index (χ2n) is 7.44. The molecule has 2 aliphatic rings. The molecule has 23 heavy (non-hydrogen) atoms. The molecule has 0 atom stereocenters. The van der Waals surface area contributed by atoms with Crippen molar-refractivity contribution < 1.29 is 0 Å². The van der Waals surface area contributed by atoms with Crippen LogP contribution < -0.4 is 0 Å². The van der Waals surface area contributed by atoms with E-state index in [9.17, 15) is 0 Å². The van der Waals surface area contributed by atoms with Crippen molar-refractivity contribution in [1.29, 1.82) is 0 Å². The first-order valence-electron chi connectivity index (χ1n) is 9.35. The molecule has 0 saturated heterocycles. The molecule has 2 saturated carbocycles. The molecule has 0 N–H and O–H groups in total. The molecule has 0 bridgehead atoms. The van der Waals surface area contributed by atoms with E-state index in [1.165, 1.54) is 69.7 Å². The summed E-state index contributed by atoms with van der Waals surface area (Å²) in [5.74, 6) is 0. The van der Waals surface area contributed by atoms with E-state index in [2.05, 4.69) is 51.2 Å². The maximum absolute atomic E-state index is 4.63. The molecule has 1 heterocycles. The van der Waals surface area contributed by atoms with Gasteiger partial charge in [-0.15, -0.1) is 5.10 Å². The SMILES string of the molecule is CN(C1CCCCC1)C1(n2nnc3ccccc32)CCCCC1. The van der Waals surface area contributed by atoms with Crippen LogP contribution in [0.3, 0.4) is 0 Å². The zero-order chi connectivity index (χ0) is 15.7. The van der Waals surface area contributed by atoms with Crippen molar-refractivity contribution in [2.75, 3.05) is 7.05 Å². The molecule has 4 heteroatoms. The van der Waals surface area contributed by atoms with E-state index >= 15 is 0 Å². The highest BCUT2D eigenvalue weighted by Crippen LogP contribution is 2.41. The zero-order valence-electron chi connectivity index (χ0n) is 14.2. The van der Waals surface area contributed by atoms with Gasteiger partial charge in [0.1, 0.15) is 11.2 Å². The van der Waals surface area contributed by atoms with Crippen LogP contribution in [0.25, 0.3) is 11.0 Å². The fraction of sp³-hybridized carbons (Fsp3) is 0.684. The van der Waals surface area contributed by atoms with Gasteiger partial charge in [0.05, 0.1) is 5.52 Å². The van der Waals surface area contributed by atoms with E-state index < -0.39 is 0 Å². The van der Waals surface area contributed by atoms with Gasteiger partial charge >= 0.3 is 0 Å². The fourth-order valence-corrected chi connectivity index (χ4v) is 4.82. The molecule has 0 unspecified atom stereocenters. The Labute approximate surface area is 138 Å². The van der Waals surface area contributed by atoms with Crippen molar-refractivity contribution in [2.24, 2.45) is 0 Å². The summed E-state index contributed by atoms with van der Waals surface area (Å²) in [6, 6.07) is 9.12. The van der Waals surface area contributed by atoms with Crippen molar-refractivity contribution >= 4 is 11.0 Å². The second kappa shape index (κ2) is 6.23. The number of benzene rings is 1. The van der Waals surface area contributed by atoms with E-state index in [1.54, 1.807) is 0 Å². The summed E-state index contributed by atoms with van der Waals surface area (Å²) in [6.07, 6.45) is 13.2. The van der Waals surface area contributed by atoms with E-state index in [1.807, 2.05) is 0 Å². The Hall–Kier alpha value is -1.42. The van der Waals surface area contributed by atoms with Crippen LogP contribution in [0.5, 0.6) is 0 Å². The molecular formula is C19H28N4. The third-order valence-corrected chi connectivity index (χ3v) is 6.18. The van der Waals surface area contributed by atoms with Crippen LogP contribution in [0, 0.1) is 0 Å². The summed E-state index contributed by atoms with van der Waals surface area (Å²) in [4.78, 5) is 2.67. The molecule has 0 amide bonds. The van der Waals surface area contributed by atoms with Crippen molar-refractivity contribution in [1.82, 2.24) is 19.9 Å². The van der Waals surface area contributed by atoms with E-state index in [-0.39, 0.29) is 5.66 Å². The molecule has 0 aliphatic heterocycles. The van der Waals surface area contributed by atoms with E-state index in [0.29, 0.717) is 6.04 Å². The van der Waals surface area contributed by atoms with Gasteiger partial charge in [0.25, 0.3) is 0 Å². The molecule has 0 radical (unpaired) electrons. The van der Waals surface area contributed by atoms with Crippen molar-refractivity contribution in [3.05, 3.63) is 24.3 Å². The second-order valence-corrected chi connectivity index (χ2v) is 7.44. The number of hydrogen-bond donors (Lipinski definition) is 0. The van der Waals surface area contributed by atoms with Gasteiger partial charge in [0.15, 0.2) is 0 Å². The molecule has 4 rings (SSSR count). The highest BCUT2D eigenvalue weighted by molar-refractivity contribution is 5.74. The first-order chi connectivity index (χ1) is 11.3. The maximum Gasteiger partial charge on any atom is 0.117 e. The van der Waals surface area contributed by atoms with E-state index in [4.69, 9.17) is 0 Å². The van der Waals surface area contributed by atoms with Gasteiger partial charge in [-0.3, -0.25) is 4.90 Å². The molecule has 1 aromatic carbocycles. The normalized spacial score (nSPS) is 22.7. The average molecular weight is 312 g/mol. The molecule has 2 fully saturated rings. The summed E-state index contributed by atoms with van der Waals surface area (Å²) in [5, 5.41) is 9.08. The third kappa shape index (κ3) is 2.57. The summed E-state index contributed by atoms with van der Waals surface area (Å²) >= 11 is 0. The van der Waals surface area contributed by atoms with Gasteiger partial charge in [-0.2, -0.15) is 0 Å². The minimum Gasteiger partial charge on any atom is -0.279 e. The quantitative estimate of drug-likeness (QED) is 0.846. The van der Waals surface area contributed by atoms with Gasteiger partial charge in [-0.25, -0.2) is 4.68 Å². The zero-order valence-corrected chi connectivity index (χ0v) is 14.2. The number of nitrogens with zero attached hydrogens (tertiary/aromatic N) is 4. The first-order valence-corrected chi connectivity index (χ1v) is 9.35. The first kappa shape index (κ1) is 15.1. The fourth-order valence-electron chi connectivity index (χ4n) is 4.82. The van der Waals surface area contributed by atoms with Gasteiger partial charge < -0.3 is 0 Å². The third-order valence-electron chi connectivity index (χ3n) is 6.18. The Morgan fingerprint density at radius 2 is 1.70 bits per heavy atom. The van der Waals surface area contributed by atoms with Crippen LogP contribution in [-0.4, -0.2) is 33.0 Å². The van der Waals surface area contributed by atoms with Gasteiger partial charge in [-0.1, -0.05) is 43.0 Å². The van der Waals surface area contributed by atoms with Crippen LogP contribution in [0.2, 0.25) is 0 Å². The largest absolute Gasteiger partial charge is 0.279 e. The van der Waals surface area contributed by atoms with Crippen LogP contribution in [-0.2, 0) is 5.66 Å². The predicted molar refractivity (Wildman–Crippen MR) is 93.2 cm³/mol. The molecule has 4 nitrogen and oxygen atoms in total.